The highest BCUT2D eigenvalue weighted by Gasteiger charge is 2.15. The molecule has 23 heavy (non-hydrogen) atoms. The molecule has 0 saturated heterocycles. The molecule has 2 aromatic rings. The van der Waals surface area contributed by atoms with Gasteiger partial charge in [-0.25, -0.2) is 4.98 Å². The average Bonchev–Trinajstić information content (AvgIpc) is 3.09. The third-order valence-electron chi connectivity index (χ3n) is 4.16. The van der Waals surface area contributed by atoms with E-state index < -0.39 is 0 Å². The lowest BCUT2D eigenvalue weighted by molar-refractivity contribution is 0.185. The van der Waals surface area contributed by atoms with Gasteiger partial charge in [-0.2, -0.15) is 0 Å². The van der Waals surface area contributed by atoms with Crippen molar-refractivity contribution in [3.05, 3.63) is 30.3 Å². The summed E-state index contributed by atoms with van der Waals surface area (Å²) in [6.45, 7) is 0.646. The highest BCUT2D eigenvalue weighted by molar-refractivity contribution is 7.99. The lowest BCUT2D eigenvalue weighted by Gasteiger charge is -2.24. The summed E-state index contributed by atoms with van der Waals surface area (Å²) in [5, 5.41) is 21.4. The number of nitrogens with one attached hydrogen (secondary N) is 2. The van der Waals surface area contributed by atoms with Gasteiger partial charge in [0.25, 0.3) is 0 Å². The van der Waals surface area contributed by atoms with Crippen LogP contribution in [0.4, 0.5) is 0 Å². The number of aromatic nitrogens is 3. The molecule has 1 aliphatic carbocycles. The molecule has 0 spiro atoms. The standard InChI is InChI=1S/C17H24N4OS/c22-15(11-18-14-9-5-2-6-10-14)12-23-17-19-16(20-21-17)13-7-3-1-4-8-13/h1,3-4,7-8,14-15,18,22H,2,5-6,9-12H2,(H,19,20,21). The Bertz CT molecular complexity index is 583. The second kappa shape index (κ2) is 8.47. The number of aliphatic hydroxyl groups excluding tert-OH is 1. The van der Waals surface area contributed by atoms with Crippen molar-refractivity contribution in [1.29, 1.82) is 0 Å². The van der Waals surface area contributed by atoms with Gasteiger partial charge in [0.15, 0.2) is 5.82 Å². The van der Waals surface area contributed by atoms with Crippen molar-refractivity contribution in [3.63, 3.8) is 0 Å². The first kappa shape index (κ1) is 16.5. The van der Waals surface area contributed by atoms with E-state index in [9.17, 15) is 5.11 Å². The van der Waals surface area contributed by atoms with Gasteiger partial charge in [0.1, 0.15) is 0 Å². The van der Waals surface area contributed by atoms with E-state index in [0.717, 1.165) is 11.4 Å². The van der Waals surface area contributed by atoms with Gasteiger partial charge in [-0.3, -0.25) is 5.10 Å². The van der Waals surface area contributed by atoms with Crippen molar-refractivity contribution in [1.82, 2.24) is 20.5 Å². The van der Waals surface area contributed by atoms with E-state index in [1.807, 2.05) is 30.3 Å². The van der Waals surface area contributed by atoms with E-state index in [4.69, 9.17) is 0 Å². The minimum absolute atomic E-state index is 0.374. The van der Waals surface area contributed by atoms with Crippen LogP contribution in [0.2, 0.25) is 0 Å². The molecule has 1 aromatic heterocycles. The van der Waals surface area contributed by atoms with Crippen molar-refractivity contribution < 1.29 is 5.11 Å². The largest absolute Gasteiger partial charge is 0.391 e. The van der Waals surface area contributed by atoms with Crippen LogP contribution in [0.1, 0.15) is 32.1 Å². The van der Waals surface area contributed by atoms with E-state index in [2.05, 4.69) is 20.5 Å². The fourth-order valence-corrected chi connectivity index (χ4v) is 3.60. The molecule has 0 bridgehead atoms. The average molecular weight is 332 g/mol. The Labute approximate surface area is 141 Å². The van der Waals surface area contributed by atoms with E-state index >= 15 is 0 Å². The summed E-state index contributed by atoms with van der Waals surface area (Å²) in [6, 6.07) is 10.5. The molecule has 1 aromatic carbocycles. The Hall–Kier alpha value is -1.37. The fraction of sp³-hybridized carbons (Fsp3) is 0.529. The molecular formula is C17H24N4OS. The van der Waals surface area contributed by atoms with E-state index in [1.165, 1.54) is 43.9 Å². The number of hydrogen-bond acceptors (Lipinski definition) is 5. The van der Waals surface area contributed by atoms with E-state index in [-0.39, 0.29) is 6.10 Å². The van der Waals surface area contributed by atoms with Gasteiger partial charge in [-0.05, 0) is 12.8 Å². The highest BCUT2D eigenvalue weighted by atomic mass is 32.2. The number of H-pyrrole nitrogens is 1. The molecule has 124 valence electrons. The van der Waals surface area contributed by atoms with Crippen LogP contribution < -0.4 is 5.32 Å². The monoisotopic (exact) mass is 332 g/mol. The van der Waals surface area contributed by atoms with Crippen LogP contribution in [0.3, 0.4) is 0 Å². The van der Waals surface area contributed by atoms with Crippen molar-refractivity contribution >= 4 is 11.8 Å². The normalized spacial score (nSPS) is 17.3. The first-order valence-electron chi connectivity index (χ1n) is 8.33. The molecule has 3 rings (SSSR count). The molecular weight excluding hydrogens is 308 g/mol. The van der Waals surface area contributed by atoms with E-state index in [1.54, 1.807) is 0 Å². The number of rotatable bonds is 7. The molecule has 0 radical (unpaired) electrons. The predicted octanol–water partition coefficient (Wildman–Crippen LogP) is 2.85. The van der Waals surface area contributed by atoms with Crippen LogP contribution in [-0.2, 0) is 0 Å². The van der Waals surface area contributed by atoms with Gasteiger partial charge in [0.05, 0.1) is 6.10 Å². The first-order valence-corrected chi connectivity index (χ1v) is 9.32. The maximum Gasteiger partial charge on any atom is 0.208 e. The number of nitrogens with zero attached hydrogens (tertiary/aromatic N) is 2. The zero-order valence-electron chi connectivity index (χ0n) is 13.2. The number of hydrogen-bond donors (Lipinski definition) is 3. The van der Waals surface area contributed by atoms with Gasteiger partial charge >= 0.3 is 0 Å². The third kappa shape index (κ3) is 5.06. The fourth-order valence-electron chi connectivity index (χ4n) is 2.88. The molecule has 5 nitrogen and oxygen atoms in total. The van der Waals surface area contributed by atoms with Crippen LogP contribution >= 0.6 is 11.8 Å². The first-order chi connectivity index (χ1) is 11.3. The molecule has 0 amide bonds. The molecule has 6 heteroatoms. The van der Waals surface area contributed by atoms with Crippen LogP contribution in [0.5, 0.6) is 0 Å². The Morgan fingerprint density at radius 1 is 1.22 bits per heavy atom. The van der Waals surface area contributed by atoms with Crippen LogP contribution in [0.15, 0.2) is 35.5 Å². The van der Waals surface area contributed by atoms with Gasteiger partial charge < -0.3 is 10.4 Å². The summed E-state index contributed by atoms with van der Waals surface area (Å²) in [6.07, 6.45) is 6.07. The number of aromatic amines is 1. The summed E-state index contributed by atoms with van der Waals surface area (Å²) in [7, 11) is 0. The molecule has 1 heterocycles. The van der Waals surface area contributed by atoms with Crippen molar-refractivity contribution in [2.24, 2.45) is 0 Å². The molecule has 1 saturated carbocycles. The summed E-state index contributed by atoms with van der Waals surface area (Å²) in [5.41, 5.74) is 1.02. The lowest BCUT2D eigenvalue weighted by atomic mass is 9.95. The second-order valence-corrected chi connectivity index (χ2v) is 7.03. The lowest BCUT2D eigenvalue weighted by Crippen LogP contribution is -2.37. The quantitative estimate of drug-likeness (QED) is 0.680. The molecule has 3 N–H and O–H groups in total. The smallest absolute Gasteiger partial charge is 0.208 e. The summed E-state index contributed by atoms with van der Waals surface area (Å²) in [5.74, 6) is 1.37. The van der Waals surface area contributed by atoms with Crippen molar-refractivity contribution in [3.8, 4) is 11.4 Å². The minimum Gasteiger partial charge on any atom is -0.391 e. The summed E-state index contributed by atoms with van der Waals surface area (Å²) >= 11 is 1.49. The summed E-state index contributed by atoms with van der Waals surface area (Å²) < 4.78 is 0. The van der Waals surface area contributed by atoms with Gasteiger partial charge in [-0.1, -0.05) is 61.4 Å². The number of thioether (sulfide) groups is 1. The Balaban J connectivity index is 1.42. The second-order valence-electron chi connectivity index (χ2n) is 6.04. The van der Waals surface area contributed by atoms with Gasteiger partial charge in [0.2, 0.25) is 5.16 Å². The SMILES string of the molecule is OC(CNC1CCCCC1)CSc1n[nH]c(-c2ccccc2)n1. The number of aliphatic hydroxyl groups is 1. The molecule has 1 unspecified atom stereocenters. The van der Waals surface area contributed by atoms with Crippen LogP contribution in [-0.4, -0.2) is 44.7 Å². The van der Waals surface area contributed by atoms with E-state index in [0.29, 0.717) is 23.5 Å². The Morgan fingerprint density at radius 2 is 2.00 bits per heavy atom. The zero-order valence-corrected chi connectivity index (χ0v) is 14.1. The molecule has 1 fully saturated rings. The zero-order chi connectivity index (χ0) is 15.9. The topological polar surface area (TPSA) is 73.8 Å². The summed E-state index contributed by atoms with van der Waals surface area (Å²) in [4.78, 5) is 4.47. The Morgan fingerprint density at radius 3 is 2.78 bits per heavy atom. The predicted molar refractivity (Wildman–Crippen MR) is 93.4 cm³/mol. The van der Waals surface area contributed by atoms with Crippen molar-refractivity contribution in [2.75, 3.05) is 12.3 Å². The van der Waals surface area contributed by atoms with Gasteiger partial charge in [-0.15, -0.1) is 5.10 Å². The maximum atomic E-state index is 10.1. The highest BCUT2D eigenvalue weighted by Crippen LogP contribution is 2.20. The van der Waals surface area contributed by atoms with Crippen molar-refractivity contribution in [2.45, 2.75) is 49.4 Å². The Kier molecular flexibility index (Phi) is 6.07. The maximum absolute atomic E-state index is 10.1. The molecule has 1 atom stereocenters. The van der Waals surface area contributed by atoms with Crippen LogP contribution in [0.25, 0.3) is 11.4 Å². The number of benzene rings is 1. The minimum atomic E-state index is -0.374. The third-order valence-corrected chi connectivity index (χ3v) is 5.16. The molecule has 0 aliphatic heterocycles. The molecule has 1 aliphatic rings. The van der Waals surface area contributed by atoms with Crippen LogP contribution in [0, 0.1) is 0 Å². The van der Waals surface area contributed by atoms with Gasteiger partial charge in [0, 0.05) is 23.9 Å².